The first kappa shape index (κ1) is 41.0. The molecule has 0 spiro atoms. The average molecular weight is 769 g/mol. The van der Waals surface area contributed by atoms with Crippen molar-refractivity contribution in [2.45, 2.75) is 102 Å². The lowest BCUT2D eigenvalue weighted by Gasteiger charge is -2.42. The van der Waals surface area contributed by atoms with Crippen LogP contribution in [-0.2, 0) is 0 Å². The zero-order valence-corrected chi connectivity index (χ0v) is 33.7. The highest BCUT2D eigenvalue weighted by molar-refractivity contribution is 6.28. The molecule has 2 unspecified atom stereocenters. The van der Waals surface area contributed by atoms with Gasteiger partial charge in [-0.3, -0.25) is 19.6 Å². The van der Waals surface area contributed by atoms with Crippen molar-refractivity contribution in [3.8, 4) is 17.5 Å². The number of ether oxygens (including phenoxy) is 1. The number of benzene rings is 2. The summed E-state index contributed by atoms with van der Waals surface area (Å²) in [6, 6.07) is 22.5. The van der Waals surface area contributed by atoms with Crippen molar-refractivity contribution in [3.05, 3.63) is 102 Å². The molecule has 2 aliphatic heterocycles. The third-order valence-corrected chi connectivity index (χ3v) is 12.2. The molecule has 2 aromatic carbocycles. The maximum absolute atomic E-state index is 9.41. The van der Waals surface area contributed by atoms with Crippen LogP contribution in [0.1, 0.15) is 101 Å². The number of hydrogen-bond donors (Lipinski definition) is 1. The van der Waals surface area contributed by atoms with Crippen LogP contribution in [0.3, 0.4) is 0 Å². The van der Waals surface area contributed by atoms with Crippen LogP contribution in [0, 0.1) is 0 Å². The molecular formula is C44H61ClN8O2. The summed E-state index contributed by atoms with van der Waals surface area (Å²) in [5, 5.41) is 9.70. The van der Waals surface area contributed by atoms with Gasteiger partial charge in [-0.05, 0) is 98.7 Å². The monoisotopic (exact) mass is 768 g/mol. The van der Waals surface area contributed by atoms with E-state index in [1.165, 1.54) is 115 Å². The maximum atomic E-state index is 9.41. The number of nitrogens with zero attached hydrogens (tertiary/aromatic N) is 8. The Morgan fingerprint density at radius 1 is 0.564 bits per heavy atom. The van der Waals surface area contributed by atoms with E-state index in [9.17, 15) is 5.11 Å². The number of aromatic nitrogens is 4. The molecule has 2 saturated heterocycles. The predicted octanol–water partition coefficient (Wildman–Crippen LogP) is 8.81. The van der Waals surface area contributed by atoms with Gasteiger partial charge in [0.2, 0.25) is 5.28 Å². The molecule has 55 heavy (non-hydrogen) atoms. The topological polar surface area (TPSA) is 94.0 Å². The number of phenols is 1. The highest BCUT2D eigenvalue weighted by atomic mass is 35.5. The second-order valence-electron chi connectivity index (χ2n) is 15.4. The summed E-state index contributed by atoms with van der Waals surface area (Å²) in [6.45, 7) is 14.1. The summed E-state index contributed by atoms with van der Waals surface area (Å²) in [5.74, 6) is 1.13. The van der Waals surface area contributed by atoms with Gasteiger partial charge in [-0.1, -0.05) is 62.8 Å². The van der Waals surface area contributed by atoms with Gasteiger partial charge in [0.25, 0.3) is 0 Å². The Bertz CT molecular complexity index is 1620. The number of piperazine rings is 2. The molecule has 1 N–H and O–H groups in total. The van der Waals surface area contributed by atoms with Crippen LogP contribution in [0.4, 0.5) is 0 Å². The van der Waals surface area contributed by atoms with Crippen molar-refractivity contribution >= 4 is 11.6 Å². The number of phenolic OH excluding ortho intramolecular Hbond substituents is 1. The Morgan fingerprint density at radius 2 is 0.964 bits per heavy atom. The van der Waals surface area contributed by atoms with Gasteiger partial charge in [0, 0.05) is 101 Å². The standard InChI is InChI=1S/C22H30N4O.C18H28N2O.C4H3ClN2/c1-18(25-14-16-26(17-15-25)20-6-3-2-4-7-20)19-8-10-21(11-9-19)27-22-23-12-5-13-24-22;1-15(16-7-9-18(21)10-8-16)19-11-13-20(14-12-19)17-5-3-2-4-6-17;5-4-6-2-1-3-7-4/h5,8-13,18,20H,2-4,6-7,14-17H2,1H3;7-10,15,17,21H,2-6,11-14H2,1H3;1-3H. The SMILES string of the molecule is CC(c1ccc(O)cc1)N1CCN(C2CCCCC2)CC1.CC(c1ccc(Oc2ncccn2)cc1)N1CCN(C2CCCCC2)CC1.Clc1ncccn1. The van der Waals surface area contributed by atoms with E-state index in [1.807, 2.05) is 24.3 Å². The summed E-state index contributed by atoms with van der Waals surface area (Å²) in [7, 11) is 0. The van der Waals surface area contributed by atoms with Crippen molar-refractivity contribution in [1.82, 2.24) is 39.5 Å². The van der Waals surface area contributed by atoms with E-state index in [4.69, 9.17) is 16.3 Å². The molecule has 10 nitrogen and oxygen atoms in total. The van der Waals surface area contributed by atoms with Crippen LogP contribution >= 0.6 is 11.6 Å². The molecule has 2 aliphatic carbocycles. The quantitative estimate of drug-likeness (QED) is 0.175. The molecule has 0 amide bonds. The molecule has 8 rings (SSSR count). The van der Waals surface area contributed by atoms with Crippen LogP contribution in [0.25, 0.3) is 0 Å². The van der Waals surface area contributed by atoms with Crippen LogP contribution in [0.2, 0.25) is 5.28 Å². The first-order valence-electron chi connectivity index (χ1n) is 20.7. The van der Waals surface area contributed by atoms with E-state index >= 15 is 0 Å². The van der Waals surface area contributed by atoms with Gasteiger partial charge in [-0.15, -0.1) is 0 Å². The summed E-state index contributed by atoms with van der Waals surface area (Å²) >= 11 is 5.32. The van der Waals surface area contributed by atoms with Crippen LogP contribution in [0.5, 0.6) is 17.5 Å². The molecule has 2 atom stereocenters. The molecule has 2 saturated carbocycles. The summed E-state index contributed by atoms with van der Waals surface area (Å²) in [5.41, 5.74) is 2.64. The summed E-state index contributed by atoms with van der Waals surface area (Å²) in [4.78, 5) is 26.1. The Kier molecular flexibility index (Phi) is 16.1. The zero-order valence-electron chi connectivity index (χ0n) is 32.9. The normalized spacial score (nSPS) is 20.6. The lowest BCUT2D eigenvalue weighted by molar-refractivity contribution is 0.0602. The van der Waals surface area contributed by atoms with E-state index in [-0.39, 0.29) is 0 Å². The Labute approximate surface area is 333 Å². The fraction of sp³-hybridized carbons (Fsp3) is 0.545. The van der Waals surface area contributed by atoms with Gasteiger partial charge in [-0.2, -0.15) is 0 Å². The molecule has 11 heteroatoms. The van der Waals surface area contributed by atoms with Crippen molar-refractivity contribution in [2.75, 3.05) is 52.4 Å². The summed E-state index contributed by atoms with van der Waals surface area (Å²) in [6.07, 6.45) is 20.8. The largest absolute Gasteiger partial charge is 0.508 e. The highest BCUT2D eigenvalue weighted by Gasteiger charge is 2.28. The molecule has 4 aromatic rings. The van der Waals surface area contributed by atoms with Gasteiger partial charge < -0.3 is 9.84 Å². The molecule has 0 radical (unpaired) electrons. The number of rotatable bonds is 8. The molecule has 0 bridgehead atoms. The van der Waals surface area contributed by atoms with Gasteiger partial charge in [0.05, 0.1) is 0 Å². The Balaban J connectivity index is 0.000000162. The van der Waals surface area contributed by atoms with Gasteiger partial charge in [0.1, 0.15) is 11.5 Å². The molecule has 4 heterocycles. The average Bonchev–Trinajstić information content (AvgIpc) is 3.26. The molecule has 4 fully saturated rings. The van der Waals surface area contributed by atoms with Crippen molar-refractivity contribution in [1.29, 1.82) is 0 Å². The zero-order chi connectivity index (χ0) is 38.2. The number of hydrogen-bond acceptors (Lipinski definition) is 10. The lowest BCUT2D eigenvalue weighted by Crippen LogP contribution is -2.51. The van der Waals surface area contributed by atoms with E-state index in [2.05, 4.69) is 65.5 Å². The van der Waals surface area contributed by atoms with E-state index in [0.717, 1.165) is 30.9 Å². The fourth-order valence-electron chi connectivity index (χ4n) is 8.59. The Morgan fingerprint density at radius 3 is 1.36 bits per heavy atom. The minimum absolute atomic E-state index is 0.294. The van der Waals surface area contributed by atoms with Gasteiger partial charge in [0.15, 0.2) is 0 Å². The molecule has 4 aliphatic rings. The minimum Gasteiger partial charge on any atom is -0.508 e. The predicted molar refractivity (Wildman–Crippen MR) is 221 cm³/mol. The third-order valence-electron chi connectivity index (χ3n) is 12.0. The lowest BCUT2D eigenvalue weighted by atomic mass is 9.93. The van der Waals surface area contributed by atoms with Crippen LogP contribution in [0.15, 0.2) is 85.5 Å². The highest BCUT2D eigenvalue weighted by Crippen LogP contribution is 2.29. The third kappa shape index (κ3) is 12.7. The fourth-order valence-corrected chi connectivity index (χ4v) is 8.70. The first-order valence-corrected chi connectivity index (χ1v) is 21.0. The van der Waals surface area contributed by atoms with Crippen molar-refractivity contribution in [2.24, 2.45) is 0 Å². The maximum Gasteiger partial charge on any atom is 0.321 e. The second-order valence-corrected chi connectivity index (χ2v) is 15.7. The van der Waals surface area contributed by atoms with Crippen molar-refractivity contribution in [3.63, 3.8) is 0 Å². The van der Waals surface area contributed by atoms with Crippen molar-refractivity contribution < 1.29 is 9.84 Å². The number of aromatic hydroxyl groups is 1. The molecule has 2 aromatic heterocycles. The smallest absolute Gasteiger partial charge is 0.321 e. The number of halogens is 1. The van der Waals surface area contributed by atoms with E-state index in [0.29, 0.717) is 29.1 Å². The first-order chi connectivity index (χ1) is 26.9. The van der Waals surface area contributed by atoms with E-state index in [1.54, 1.807) is 49.1 Å². The van der Waals surface area contributed by atoms with Gasteiger partial charge >= 0.3 is 6.01 Å². The van der Waals surface area contributed by atoms with Crippen LogP contribution in [-0.4, -0.2) is 109 Å². The minimum atomic E-state index is 0.294. The molecular weight excluding hydrogens is 708 g/mol. The second kappa shape index (κ2) is 21.6. The van der Waals surface area contributed by atoms with Crippen LogP contribution < -0.4 is 4.74 Å². The summed E-state index contributed by atoms with van der Waals surface area (Å²) < 4.78 is 5.70. The van der Waals surface area contributed by atoms with Gasteiger partial charge in [-0.25, -0.2) is 19.9 Å². The molecule has 296 valence electrons. The van der Waals surface area contributed by atoms with E-state index < -0.39 is 0 Å². The Hall–Kier alpha value is -3.67.